The van der Waals surface area contributed by atoms with Crippen LogP contribution in [0.3, 0.4) is 0 Å². The number of methoxy groups -OCH3 is 1. The van der Waals surface area contributed by atoms with Crippen molar-refractivity contribution in [1.29, 1.82) is 0 Å². The molecule has 0 heterocycles. The quantitative estimate of drug-likeness (QED) is 0.767. The van der Waals surface area contributed by atoms with E-state index in [4.69, 9.17) is 4.74 Å². The average Bonchev–Trinajstić information content (AvgIpc) is 2.44. The molecule has 0 aliphatic heterocycles. The van der Waals surface area contributed by atoms with Gasteiger partial charge in [-0.3, -0.25) is 0 Å². The Morgan fingerprint density at radius 2 is 2.00 bits per heavy atom. The summed E-state index contributed by atoms with van der Waals surface area (Å²) < 4.78 is 5.35. The van der Waals surface area contributed by atoms with Gasteiger partial charge in [-0.1, -0.05) is 19.9 Å². The molecular weight excluding hydrogens is 258 g/mol. The van der Waals surface area contributed by atoms with Crippen molar-refractivity contribution in [3.63, 3.8) is 0 Å². The lowest BCUT2D eigenvalue weighted by Gasteiger charge is -2.30. The molecule has 0 aromatic heterocycles. The van der Waals surface area contributed by atoms with Crippen LogP contribution in [0.1, 0.15) is 32.3 Å². The number of phenolic OH excluding ortho intramolecular Hbond substituents is 1. The number of phenols is 1. The molecule has 0 saturated heterocycles. The predicted octanol–water partition coefficient (Wildman–Crippen LogP) is 3.41. The minimum atomic E-state index is 0.198. The molecular formula is C15H25NO2S. The summed E-state index contributed by atoms with van der Waals surface area (Å²) in [4.78, 5) is 0. The summed E-state index contributed by atoms with van der Waals surface area (Å²) in [7, 11) is 1.56. The first-order valence-corrected chi connectivity index (χ1v) is 7.95. The van der Waals surface area contributed by atoms with Gasteiger partial charge in [-0.25, -0.2) is 0 Å². The topological polar surface area (TPSA) is 41.5 Å². The highest BCUT2D eigenvalue weighted by Crippen LogP contribution is 2.30. The molecule has 19 heavy (non-hydrogen) atoms. The van der Waals surface area contributed by atoms with Gasteiger partial charge in [0.1, 0.15) is 0 Å². The molecule has 3 nitrogen and oxygen atoms in total. The first-order valence-electron chi connectivity index (χ1n) is 6.72. The Bertz CT molecular complexity index is 383. The van der Waals surface area contributed by atoms with Gasteiger partial charge in [-0.15, -0.1) is 0 Å². The van der Waals surface area contributed by atoms with Crippen molar-refractivity contribution in [1.82, 2.24) is 5.32 Å². The number of rotatable bonds is 8. The second kappa shape index (κ2) is 7.65. The fraction of sp³-hybridized carbons (Fsp3) is 0.600. The highest BCUT2D eigenvalue weighted by Gasteiger charge is 2.23. The molecule has 0 unspecified atom stereocenters. The number of hydrogen-bond acceptors (Lipinski definition) is 4. The fourth-order valence-electron chi connectivity index (χ4n) is 2.14. The minimum absolute atomic E-state index is 0.198. The van der Waals surface area contributed by atoms with E-state index in [0.29, 0.717) is 10.5 Å². The maximum atomic E-state index is 9.73. The van der Waals surface area contributed by atoms with Crippen LogP contribution in [0.5, 0.6) is 11.5 Å². The molecule has 4 heteroatoms. The van der Waals surface area contributed by atoms with Crippen molar-refractivity contribution in [2.45, 2.75) is 38.0 Å². The lowest BCUT2D eigenvalue weighted by molar-refractivity contribution is 0.373. The maximum Gasteiger partial charge on any atom is 0.160 e. The second-order valence-corrected chi connectivity index (χ2v) is 5.98. The number of thioether (sulfide) groups is 1. The third kappa shape index (κ3) is 4.32. The van der Waals surface area contributed by atoms with Crippen LogP contribution in [0.4, 0.5) is 0 Å². The second-order valence-electron chi connectivity index (χ2n) is 4.70. The smallest absolute Gasteiger partial charge is 0.160 e. The van der Waals surface area contributed by atoms with E-state index >= 15 is 0 Å². The summed E-state index contributed by atoms with van der Waals surface area (Å²) in [5, 5.41) is 13.2. The molecule has 0 radical (unpaired) electrons. The van der Waals surface area contributed by atoms with Gasteiger partial charge in [-0.2, -0.15) is 11.8 Å². The summed E-state index contributed by atoms with van der Waals surface area (Å²) in [6.45, 7) is 6.22. The van der Waals surface area contributed by atoms with Crippen LogP contribution in [0.15, 0.2) is 18.2 Å². The highest BCUT2D eigenvalue weighted by molar-refractivity contribution is 8.00. The predicted molar refractivity (Wildman–Crippen MR) is 83.2 cm³/mol. The first-order chi connectivity index (χ1) is 9.10. The van der Waals surface area contributed by atoms with Gasteiger partial charge in [0.2, 0.25) is 0 Å². The zero-order chi connectivity index (χ0) is 14.3. The van der Waals surface area contributed by atoms with Crippen LogP contribution in [0, 0.1) is 0 Å². The largest absolute Gasteiger partial charge is 0.504 e. The molecule has 0 fully saturated rings. The van der Waals surface area contributed by atoms with Gasteiger partial charge in [-0.05, 0) is 36.8 Å². The van der Waals surface area contributed by atoms with E-state index in [0.717, 1.165) is 31.5 Å². The Morgan fingerprint density at radius 3 is 2.47 bits per heavy atom. The Kier molecular flexibility index (Phi) is 6.52. The van der Waals surface area contributed by atoms with Gasteiger partial charge in [0.15, 0.2) is 11.5 Å². The van der Waals surface area contributed by atoms with Crippen molar-refractivity contribution in [2.24, 2.45) is 0 Å². The Morgan fingerprint density at radius 1 is 1.32 bits per heavy atom. The van der Waals surface area contributed by atoms with Crippen molar-refractivity contribution < 1.29 is 9.84 Å². The molecule has 0 aliphatic carbocycles. The third-order valence-electron chi connectivity index (χ3n) is 3.74. The monoisotopic (exact) mass is 283 g/mol. The van der Waals surface area contributed by atoms with Crippen LogP contribution in [-0.4, -0.2) is 29.8 Å². The average molecular weight is 283 g/mol. The number of hydrogen-bond donors (Lipinski definition) is 2. The summed E-state index contributed by atoms with van der Waals surface area (Å²) in [5.74, 6) is 0.716. The van der Waals surface area contributed by atoms with E-state index in [9.17, 15) is 5.11 Å². The number of ether oxygens (including phenoxy) is 1. The van der Waals surface area contributed by atoms with E-state index in [1.54, 1.807) is 19.2 Å². The van der Waals surface area contributed by atoms with Crippen LogP contribution >= 0.6 is 11.8 Å². The van der Waals surface area contributed by atoms with Crippen molar-refractivity contribution >= 4 is 11.8 Å². The van der Waals surface area contributed by atoms with E-state index in [2.05, 4.69) is 25.4 Å². The molecule has 0 bridgehead atoms. The SMILES string of the molecule is CCC(CC)(CNCc1ccc(OC)c(O)c1)SC. The minimum Gasteiger partial charge on any atom is -0.504 e. The van der Waals surface area contributed by atoms with Gasteiger partial charge in [0.25, 0.3) is 0 Å². The standard InChI is InChI=1S/C15H25NO2S/c1-5-15(6-2,19-4)11-16-10-12-7-8-14(18-3)13(17)9-12/h7-9,16-17H,5-6,10-11H2,1-4H3. The molecule has 0 amide bonds. The van der Waals surface area contributed by atoms with Crippen molar-refractivity contribution in [2.75, 3.05) is 19.9 Å². The van der Waals surface area contributed by atoms with Gasteiger partial charge < -0.3 is 15.2 Å². The van der Waals surface area contributed by atoms with Crippen molar-refractivity contribution in [3.8, 4) is 11.5 Å². The molecule has 0 aliphatic rings. The summed E-state index contributed by atoms with van der Waals surface area (Å²) in [6, 6.07) is 5.53. The van der Waals surface area contributed by atoms with Gasteiger partial charge in [0.05, 0.1) is 7.11 Å². The van der Waals surface area contributed by atoms with Crippen LogP contribution in [-0.2, 0) is 6.54 Å². The number of nitrogens with one attached hydrogen (secondary N) is 1. The molecule has 0 saturated carbocycles. The van der Waals surface area contributed by atoms with E-state index < -0.39 is 0 Å². The maximum absolute atomic E-state index is 9.73. The fourth-order valence-corrected chi connectivity index (χ4v) is 2.96. The van der Waals surface area contributed by atoms with Gasteiger partial charge in [0, 0.05) is 17.8 Å². The Balaban J connectivity index is 2.55. The lowest BCUT2D eigenvalue weighted by Crippen LogP contribution is -2.36. The molecule has 0 spiro atoms. The molecule has 0 atom stereocenters. The number of aromatic hydroxyl groups is 1. The van der Waals surface area contributed by atoms with Crippen LogP contribution in [0.2, 0.25) is 0 Å². The lowest BCUT2D eigenvalue weighted by atomic mass is 10.0. The van der Waals surface area contributed by atoms with E-state index in [-0.39, 0.29) is 5.75 Å². The number of benzene rings is 1. The van der Waals surface area contributed by atoms with E-state index in [1.807, 2.05) is 17.8 Å². The van der Waals surface area contributed by atoms with Gasteiger partial charge >= 0.3 is 0 Å². The normalized spacial score (nSPS) is 11.6. The molecule has 108 valence electrons. The summed E-state index contributed by atoms with van der Waals surface area (Å²) >= 11 is 1.93. The Hall–Kier alpha value is -0.870. The van der Waals surface area contributed by atoms with E-state index in [1.165, 1.54) is 0 Å². The summed E-state index contributed by atoms with van der Waals surface area (Å²) in [5.41, 5.74) is 1.07. The first kappa shape index (κ1) is 16.2. The molecule has 1 aromatic carbocycles. The van der Waals surface area contributed by atoms with Crippen molar-refractivity contribution in [3.05, 3.63) is 23.8 Å². The molecule has 1 aromatic rings. The molecule has 2 N–H and O–H groups in total. The zero-order valence-electron chi connectivity index (χ0n) is 12.3. The van der Waals surface area contributed by atoms with Crippen LogP contribution in [0.25, 0.3) is 0 Å². The zero-order valence-corrected chi connectivity index (χ0v) is 13.1. The Labute approximate surface area is 120 Å². The third-order valence-corrected chi connectivity index (χ3v) is 5.33. The summed E-state index contributed by atoms with van der Waals surface area (Å²) in [6.07, 6.45) is 4.49. The molecule has 1 rings (SSSR count). The van der Waals surface area contributed by atoms with Crippen LogP contribution < -0.4 is 10.1 Å². The highest BCUT2D eigenvalue weighted by atomic mass is 32.2.